The smallest absolute Gasteiger partial charge is 0.251 e. The van der Waals surface area contributed by atoms with Crippen LogP contribution in [0.3, 0.4) is 0 Å². The van der Waals surface area contributed by atoms with Crippen molar-refractivity contribution in [2.24, 2.45) is 0 Å². The molecule has 18 heavy (non-hydrogen) atoms. The maximum Gasteiger partial charge on any atom is 0.251 e. The van der Waals surface area contributed by atoms with Crippen LogP contribution in [-0.2, 0) is 4.79 Å². The zero-order chi connectivity index (χ0) is 13.4. The highest BCUT2D eigenvalue weighted by Gasteiger charge is 2.06. The summed E-state index contributed by atoms with van der Waals surface area (Å²) in [5.74, 6) is -0.202. The molecule has 0 saturated heterocycles. The standard InChI is InChI=1S/C13H18N2O3/c1-2-8-14-12(17)7-9-15-13(18)10-3-5-11(16)6-4-10/h3-6,16H,2,7-9H2,1H3,(H,14,17)(H,15,18). The number of phenolic OH excluding ortho intramolecular Hbond substituents is 1. The first kappa shape index (κ1) is 14.0. The molecule has 3 N–H and O–H groups in total. The molecule has 5 nitrogen and oxygen atoms in total. The lowest BCUT2D eigenvalue weighted by Crippen LogP contribution is -2.31. The Kier molecular flexibility index (Phi) is 5.70. The number of phenols is 1. The van der Waals surface area contributed by atoms with E-state index in [4.69, 9.17) is 5.11 Å². The Balaban J connectivity index is 2.29. The molecule has 1 aromatic rings. The summed E-state index contributed by atoms with van der Waals surface area (Å²) in [4.78, 5) is 22.9. The number of nitrogens with one attached hydrogen (secondary N) is 2. The van der Waals surface area contributed by atoms with Gasteiger partial charge in [0, 0.05) is 25.1 Å². The highest BCUT2D eigenvalue weighted by Crippen LogP contribution is 2.09. The Morgan fingerprint density at radius 1 is 1.11 bits per heavy atom. The van der Waals surface area contributed by atoms with Crippen molar-refractivity contribution in [3.63, 3.8) is 0 Å². The molecule has 98 valence electrons. The van der Waals surface area contributed by atoms with Gasteiger partial charge in [-0.25, -0.2) is 0 Å². The summed E-state index contributed by atoms with van der Waals surface area (Å²) < 4.78 is 0. The average molecular weight is 250 g/mol. The van der Waals surface area contributed by atoms with Crippen LogP contribution < -0.4 is 10.6 Å². The van der Waals surface area contributed by atoms with Gasteiger partial charge >= 0.3 is 0 Å². The second-order valence-corrected chi connectivity index (χ2v) is 3.90. The van der Waals surface area contributed by atoms with E-state index in [0.29, 0.717) is 18.7 Å². The van der Waals surface area contributed by atoms with Crippen molar-refractivity contribution in [2.45, 2.75) is 19.8 Å². The molecular formula is C13H18N2O3. The lowest BCUT2D eigenvalue weighted by molar-refractivity contribution is -0.120. The predicted octanol–water partition coefficient (Wildman–Crippen LogP) is 1.04. The summed E-state index contributed by atoms with van der Waals surface area (Å²) in [7, 11) is 0. The van der Waals surface area contributed by atoms with Crippen molar-refractivity contribution in [2.75, 3.05) is 13.1 Å². The SMILES string of the molecule is CCCNC(=O)CCNC(=O)c1ccc(O)cc1. The Bertz CT molecular complexity index is 401. The molecule has 0 aliphatic carbocycles. The lowest BCUT2D eigenvalue weighted by Gasteiger charge is -2.06. The number of carbonyl (C=O) groups is 2. The highest BCUT2D eigenvalue weighted by atomic mass is 16.3. The largest absolute Gasteiger partial charge is 0.508 e. The number of benzene rings is 1. The second-order valence-electron chi connectivity index (χ2n) is 3.90. The Morgan fingerprint density at radius 2 is 1.78 bits per heavy atom. The van der Waals surface area contributed by atoms with E-state index in [1.807, 2.05) is 6.92 Å². The first-order valence-electron chi connectivity index (χ1n) is 5.97. The topological polar surface area (TPSA) is 78.4 Å². The second kappa shape index (κ2) is 7.32. The van der Waals surface area contributed by atoms with Crippen LogP contribution >= 0.6 is 0 Å². The van der Waals surface area contributed by atoms with Gasteiger partial charge < -0.3 is 15.7 Å². The van der Waals surface area contributed by atoms with Crippen LogP contribution in [0.4, 0.5) is 0 Å². The monoisotopic (exact) mass is 250 g/mol. The highest BCUT2D eigenvalue weighted by molar-refractivity contribution is 5.94. The molecule has 0 fully saturated rings. The minimum Gasteiger partial charge on any atom is -0.508 e. The maximum atomic E-state index is 11.6. The summed E-state index contributed by atoms with van der Waals surface area (Å²) in [6, 6.07) is 5.95. The summed E-state index contributed by atoms with van der Waals surface area (Å²) in [5, 5.41) is 14.5. The van der Waals surface area contributed by atoms with Crippen molar-refractivity contribution in [1.29, 1.82) is 0 Å². The van der Waals surface area contributed by atoms with Gasteiger partial charge in [-0.05, 0) is 30.7 Å². The number of amides is 2. The molecule has 0 spiro atoms. The lowest BCUT2D eigenvalue weighted by atomic mass is 10.2. The third-order valence-electron chi connectivity index (χ3n) is 2.34. The van der Waals surface area contributed by atoms with E-state index >= 15 is 0 Å². The van der Waals surface area contributed by atoms with Crippen LogP contribution in [0.1, 0.15) is 30.1 Å². The van der Waals surface area contributed by atoms with Crippen LogP contribution in [0.15, 0.2) is 24.3 Å². The number of rotatable bonds is 6. The molecule has 0 unspecified atom stereocenters. The van der Waals surface area contributed by atoms with Crippen molar-refractivity contribution < 1.29 is 14.7 Å². The normalized spacial score (nSPS) is 9.83. The molecule has 0 aliphatic rings. The van der Waals surface area contributed by atoms with E-state index in [-0.39, 0.29) is 24.0 Å². The van der Waals surface area contributed by atoms with Gasteiger partial charge in [-0.15, -0.1) is 0 Å². The van der Waals surface area contributed by atoms with E-state index < -0.39 is 0 Å². The van der Waals surface area contributed by atoms with Gasteiger partial charge in [-0.2, -0.15) is 0 Å². The molecule has 0 saturated carbocycles. The summed E-state index contributed by atoms with van der Waals surface area (Å²) in [5.41, 5.74) is 0.460. The molecule has 1 rings (SSSR count). The predicted molar refractivity (Wildman–Crippen MR) is 68.4 cm³/mol. The van der Waals surface area contributed by atoms with Crippen molar-refractivity contribution in [3.8, 4) is 5.75 Å². The number of hydrogen-bond acceptors (Lipinski definition) is 3. The molecule has 0 bridgehead atoms. The van der Waals surface area contributed by atoms with Gasteiger partial charge in [-0.1, -0.05) is 6.92 Å². The summed E-state index contributed by atoms with van der Waals surface area (Å²) >= 11 is 0. The molecule has 2 amide bonds. The molecule has 0 heterocycles. The molecule has 0 radical (unpaired) electrons. The number of hydrogen-bond donors (Lipinski definition) is 3. The van der Waals surface area contributed by atoms with E-state index in [2.05, 4.69) is 10.6 Å². The van der Waals surface area contributed by atoms with Crippen LogP contribution in [0.2, 0.25) is 0 Å². The number of carbonyl (C=O) groups excluding carboxylic acids is 2. The summed E-state index contributed by atoms with van der Waals surface area (Å²) in [6.45, 7) is 2.94. The van der Waals surface area contributed by atoms with Gasteiger partial charge in [0.15, 0.2) is 0 Å². The van der Waals surface area contributed by atoms with Crippen molar-refractivity contribution >= 4 is 11.8 Å². The van der Waals surface area contributed by atoms with Gasteiger partial charge in [0.25, 0.3) is 5.91 Å². The van der Waals surface area contributed by atoms with Crippen LogP contribution in [0.25, 0.3) is 0 Å². The Hall–Kier alpha value is -2.04. The van der Waals surface area contributed by atoms with Gasteiger partial charge in [0.2, 0.25) is 5.91 Å². The molecule has 0 aromatic heterocycles. The van der Waals surface area contributed by atoms with Crippen LogP contribution in [-0.4, -0.2) is 30.0 Å². The van der Waals surface area contributed by atoms with Gasteiger partial charge in [-0.3, -0.25) is 9.59 Å². The van der Waals surface area contributed by atoms with Crippen molar-refractivity contribution in [1.82, 2.24) is 10.6 Å². The Labute approximate surface area is 106 Å². The minimum atomic E-state index is -0.252. The number of aromatic hydroxyl groups is 1. The zero-order valence-electron chi connectivity index (χ0n) is 10.4. The first-order valence-corrected chi connectivity index (χ1v) is 5.97. The quantitative estimate of drug-likeness (QED) is 0.705. The van der Waals surface area contributed by atoms with Gasteiger partial charge in [0.05, 0.1) is 0 Å². The molecule has 0 atom stereocenters. The van der Waals surface area contributed by atoms with Crippen molar-refractivity contribution in [3.05, 3.63) is 29.8 Å². The summed E-state index contributed by atoms with van der Waals surface area (Å²) in [6.07, 6.45) is 1.16. The maximum absolute atomic E-state index is 11.6. The fourth-order valence-electron chi connectivity index (χ4n) is 1.36. The van der Waals surface area contributed by atoms with E-state index in [0.717, 1.165) is 6.42 Å². The third-order valence-corrected chi connectivity index (χ3v) is 2.34. The van der Waals surface area contributed by atoms with E-state index in [1.54, 1.807) is 0 Å². The van der Waals surface area contributed by atoms with E-state index in [9.17, 15) is 9.59 Å². The molecule has 0 aliphatic heterocycles. The first-order chi connectivity index (χ1) is 8.63. The Morgan fingerprint density at radius 3 is 2.39 bits per heavy atom. The fraction of sp³-hybridized carbons (Fsp3) is 0.385. The zero-order valence-corrected chi connectivity index (χ0v) is 10.4. The molecular weight excluding hydrogens is 232 g/mol. The average Bonchev–Trinajstić information content (AvgIpc) is 2.37. The molecule has 5 heteroatoms. The van der Waals surface area contributed by atoms with Crippen LogP contribution in [0, 0.1) is 0 Å². The van der Waals surface area contributed by atoms with Gasteiger partial charge in [0.1, 0.15) is 5.75 Å². The third kappa shape index (κ3) is 4.86. The van der Waals surface area contributed by atoms with Crippen LogP contribution in [0.5, 0.6) is 5.75 Å². The minimum absolute atomic E-state index is 0.0668. The molecule has 1 aromatic carbocycles. The van der Waals surface area contributed by atoms with E-state index in [1.165, 1.54) is 24.3 Å². The fourth-order valence-corrected chi connectivity index (χ4v) is 1.36.